The maximum atomic E-state index is 12.3. The number of benzene rings is 2. The van der Waals surface area contributed by atoms with E-state index in [1.54, 1.807) is 60.7 Å². The number of hydrogen-bond donors (Lipinski definition) is 2. The molecule has 0 aliphatic heterocycles. The van der Waals surface area contributed by atoms with E-state index >= 15 is 0 Å². The summed E-state index contributed by atoms with van der Waals surface area (Å²) in [5.41, 5.74) is 0. The van der Waals surface area contributed by atoms with Crippen molar-refractivity contribution in [3.05, 3.63) is 60.7 Å². The van der Waals surface area contributed by atoms with E-state index in [2.05, 4.69) is 0 Å². The number of rotatable bonds is 8. The van der Waals surface area contributed by atoms with E-state index < -0.39 is 15.2 Å². The van der Waals surface area contributed by atoms with Gasteiger partial charge in [-0.2, -0.15) is 0 Å². The van der Waals surface area contributed by atoms with Crippen molar-refractivity contribution in [3.8, 4) is 0 Å². The molecule has 0 heterocycles. The zero-order valence-electron chi connectivity index (χ0n) is 15.6. The lowest BCUT2D eigenvalue weighted by atomic mass is 9.83. The van der Waals surface area contributed by atoms with Crippen LogP contribution < -0.4 is 10.6 Å². The van der Waals surface area contributed by atoms with Crippen LogP contribution in [-0.4, -0.2) is 23.0 Å². The van der Waals surface area contributed by atoms with E-state index in [1.165, 1.54) is 0 Å². The smallest absolute Gasteiger partial charge is 0.321 e. The molecule has 0 saturated heterocycles. The quantitative estimate of drug-likeness (QED) is 0.626. The lowest BCUT2D eigenvalue weighted by Crippen LogP contribution is -2.22. The van der Waals surface area contributed by atoms with Gasteiger partial charge in [-0.3, -0.25) is 9.13 Å². The molecule has 0 radical (unpaired) electrons. The van der Waals surface area contributed by atoms with Gasteiger partial charge in [0.25, 0.3) is 0 Å². The normalized spacial score (nSPS) is 24.2. The minimum Gasteiger partial charge on any atom is -0.321 e. The highest BCUT2D eigenvalue weighted by Crippen LogP contribution is 2.44. The van der Waals surface area contributed by atoms with Gasteiger partial charge in [0, 0.05) is 0 Å². The van der Waals surface area contributed by atoms with Crippen molar-refractivity contribution < 1.29 is 28.0 Å². The molecule has 0 amide bonds. The molecular weight excluding hydrogens is 398 g/mol. The van der Waals surface area contributed by atoms with E-state index in [9.17, 15) is 18.9 Å². The van der Waals surface area contributed by atoms with Gasteiger partial charge in [-0.25, -0.2) is 0 Å². The summed E-state index contributed by atoms with van der Waals surface area (Å²) < 4.78 is 35.4. The molecule has 2 aromatic carbocycles. The number of hydrogen-bond acceptors (Lipinski definition) is 4. The SMILES string of the molecule is O=P(O)(OCC1CCC(COP(=O)(O)c2ccccc2)CC1)c1ccccc1. The van der Waals surface area contributed by atoms with Crippen LogP contribution in [0.1, 0.15) is 25.7 Å². The van der Waals surface area contributed by atoms with Gasteiger partial charge in [-0.05, 0) is 61.8 Å². The van der Waals surface area contributed by atoms with Crippen LogP contribution in [0.2, 0.25) is 0 Å². The summed E-state index contributed by atoms with van der Waals surface area (Å²) in [6.45, 7) is 0.470. The third-order valence-electron chi connectivity index (χ3n) is 5.10. The Labute approximate surface area is 165 Å². The van der Waals surface area contributed by atoms with Crippen molar-refractivity contribution in [3.63, 3.8) is 0 Å². The Hall–Kier alpha value is -1.26. The van der Waals surface area contributed by atoms with Crippen molar-refractivity contribution in [1.29, 1.82) is 0 Å². The van der Waals surface area contributed by atoms with E-state index in [0.717, 1.165) is 25.7 Å². The molecule has 1 saturated carbocycles. The maximum Gasteiger partial charge on any atom is 0.358 e. The van der Waals surface area contributed by atoms with E-state index in [0.29, 0.717) is 10.6 Å². The fraction of sp³-hybridized carbons (Fsp3) is 0.400. The molecule has 1 fully saturated rings. The lowest BCUT2D eigenvalue weighted by molar-refractivity contribution is 0.137. The molecule has 2 atom stereocenters. The van der Waals surface area contributed by atoms with Crippen LogP contribution in [0.25, 0.3) is 0 Å². The largest absolute Gasteiger partial charge is 0.358 e. The van der Waals surface area contributed by atoms with Crippen LogP contribution in [0.5, 0.6) is 0 Å². The predicted octanol–water partition coefficient (Wildman–Crippen LogP) is 3.85. The van der Waals surface area contributed by atoms with Crippen LogP contribution in [-0.2, 0) is 18.2 Å². The zero-order chi connectivity index (χ0) is 20.0. The third kappa shape index (κ3) is 5.87. The molecule has 0 spiro atoms. The Balaban J connectivity index is 1.42. The van der Waals surface area contributed by atoms with Gasteiger partial charge in [0.1, 0.15) is 0 Å². The Morgan fingerprint density at radius 2 is 1.00 bits per heavy atom. The Kier molecular flexibility index (Phi) is 7.27. The minimum atomic E-state index is -3.79. The Bertz CT molecular complexity index is 763. The molecule has 0 aromatic heterocycles. The molecule has 2 aromatic rings. The van der Waals surface area contributed by atoms with Crippen LogP contribution in [0.15, 0.2) is 60.7 Å². The molecule has 0 bridgehead atoms. The maximum absolute atomic E-state index is 12.3. The first-order valence-electron chi connectivity index (χ1n) is 9.43. The van der Waals surface area contributed by atoms with Crippen molar-refractivity contribution in [1.82, 2.24) is 0 Å². The highest BCUT2D eigenvalue weighted by atomic mass is 31.2. The summed E-state index contributed by atoms with van der Waals surface area (Å²) in [4.78, 5) is 20.2. The molecular formula is C20H26O6P2. The van der Waals surface area contributed by atoms with Crippen molar-refractivity contribution in [2.45, 2.75) is 25.7 Å². The van der Waals surface area contributed by atoms with Crippen LogP contribution >= 0.6 is 15.2 Å². The molecule has 1 aliphatic carbocycles. The first-order chi connectivity index (χ1) is 13.4. The molecule has 28 heavy (non-hydrogen) atoms. The average Bonchev–Trinajstić information content (AvgIpc) is 2.73. The molecule has 2 unspecified atom stereocenters. The molecule has 8 heteroatoms. The van der Waals surface area contributed by atoms with Crippen LogP contribution in [0, 0.1) is 11.8 Å². The summed E-state index contributed by atoms with van der Waals surface area (Å²) in [7, 11) is -7.58. The van der Waals surface area contributed by atoms with E-state index in [-0.39, 0.29) is 25.0 Å². The second-order valence-electron chi connectivity index (χ2n) is 7.19. The van der Waals surface area contributed by atoms with Crippen molar-refractivity contribution in [2.24, 2.45) is 11.8 Å². The fourth-order valence-corrected chi connectivity index (χ4v) is 5.58. The topological polar surface area (TPSA) is 93.1 Å². The predicted molar refractivity (Wildman–Crippen MR) is 109 cm³/mol. The molecule has 6 nitrogen and oxygen atoms in total. The van der Waals surface area contributed by atoms with Crippen molar-refractivity contribution >= 4 is 25.8 Å². The highest BCUT2D eigenvalue weighted by molar-refractivity contribution is 7.61. The van der Waals surface area contributed by atoms with Gasteiger partial charge >= 0.3 is 15.2 Å². The van der Waals surface area contributed by atoms with Gasteiger partial charge in [0.2, 0.25) is 0 Å². The zero-order valence-corrected chi connectivity index (χ0v) is 17.4. The second-order valence-corrected chi connectivity index (χ2v) is 10.8. The van der Waals surface area contributed by atoms with E-state index in [1.807, 2.05) is 0 Å². The minimum absolute atomic E-state index is 0.204. The first kappa shape index (κ1) is 21.4. The summed E-state index contributed by atoms with van der Waals surface area (Å²) in [6.07, 6.45) is 3.35. The summed E-state index contributed by atoms with van der Waals surface area (Å²) in [5.74, 6) is 0.408. The monoisotopic (exact) mass is 424 g/mol. The molecule has 152 valence electrons. The van der Waals surface area contributed by atoms with Crippen molar-refractivity contribution in [2.75, 3.05) is 13.2 Å². The summed E-state index contributed by atoms with van der Waals surface area (Å²) in [6, 6.07) is 16.8. The van der Waals surface area contributed by atoms with Crippen LogP contribution in [0.3, 0.4) is 0 Å². The standard InChI is InChI=1S/C20H26O6P2/c21-27(22,19-7-3-1-4-8-19)25-15-17-11-13-18(14-12-17)16-26-28(23,24)20-9-5-2-6-10-20/h1-10,17-18H,11-16H2,(H,21,22)(H,23,24). The lowest BCUT2D eigenvalue weighted by Gasteiger charge is -2.29. The van der Waals surface area contributed by atoms with Gasteiger partial charge in [-0.15, -0.1) is 0 Å². The van der Waals surface area contributed by atoms with Gasteiger partial charge in [0.05, 0.1) is 23.8 Å². The van der Waals surface area contributed by atoms with Gasteiger partial charge < -0.3 is 18.8 Å². The highest BCUT2D eigenvalue weighted by Gasteiger charge is 2.29. The molecule has 3 rings (SSSR count). The van der Waals surface area contributed by atoms with Gasteiger partial charge in [0.15, 0.2) is 0 Å². The molecule has 1 aliphatic rings. The Morgan fingerprint density at radius 3 is 1.32 bits per heavy atom. The summed E-state index contributed by atoms with van der Waals surface area (Å²) >= 11 is 0. The van der Waals surface area contributed by atoms with E-state index in [4.69, 9.17) is 9.05 Å². The first-order valence-corrected chi connectivity index (χ1v) is 12.6. The Morgan fingerprint density at radius 1 is 0.679 bits per heavy atom. The fourth-order valence-electron chi connectivity index (χ4n) is 3.36. The van der Waals surface area contributed by atoms with Gasteiger partial charge in [-0.1, -0.05) is 36.4 Å². The average molecular weight is 424 g/mol. The second kappa shape index (κ2) is 9.49. The third-order valence-corrected chi connectivity index (χ3v) is 8.00. The summed E-state index contributed by atoms with van der Waals surface area (Å²) in [5, 5.41) is 0.605. The van der Waals surface area contributed by atoms with Crippen LogP contribution in [0.4, 0.5) is 0 Å². The molecule has 2 N–H and O–H groups in total.